The number of nitrogens with zero attached hydrogens (tertiary/aromatic N) is 3. The van der Waals surface area contributed by atoms with Crippen LogP contribution in [-0.4, -0.2) is 46.0 Å². The normalized spacial score (nSPS) is 17.0. The van der Waals surface area contributed by atoms with E-state index in [2.05, 4.69) is 15.7 Å². The Morgan fingerprint density at radius 1 is 1.15 bits per heavy atom. The maximum absolute atomic E-state index is 12.5. The minimum atomic E-state index is -0.168. The molecular formula is C18H27N5O3. The monoisotopic (exact) mass is 361 g/mol. The third-order valence-corrected chi connectivity index (χ3v) is 5.16. The molecule has 8 nitrogen and oxygen atoms in total. The van der Waals surface area contributed by atoms with Crippen molar-refractivity contribution in [2.75, 3.05) is 13.6 Å². The highest BCUT2D eigenvalue weighted by Crippen LogP contribution is 2.29. The largest absolute Gasteiger partial charge is 0.359 e. The highest BCUT2D eigenvalue weighted by molar-refractivity contribution is 5.83. The minimum Gasteiger partial charge on any atom is -0.359 e. The predicted octanol–water partition coefficient (Wildman–Crippen LogP) is 0.558. The molecule has 1 aromatic rings. The number of nitrogens with one attached hydrogen (secondary N) is 2. The second kappa shape index (κ2) is 8.33. The van der Waals surface area contributed by atoms with Gasteiger partial charge < -0.3 is 15.5 Å². The van der Waals surface area contributed by atoms with E-state index in [1.54, 1.807) is 7.05 Å². The number of carbonyl (C=O) groups excluding carboxylic acids is 3. The van der Waals surface area contributed by atoms with Crippen LogP contribution < -0.4 is 10.6 Å². The third kappa shape index (κ3) is 4.42. The Bertz CT molecular complexity index is 680. The summed E-state index contributed by atoms with van der Waals surface area (Å²) in [6.07, 6.45) is 4.43. The molecule has 2 aliphatic rings. The van der Waals surface area contributed by atoms with Crippen molar-refractivity contribution in [2.45, 2.75) is 58.2 Å². The first-order chi connectivity index (χ1) is 12.6. The molecule has 2 heterocycles. The average Bonchev–Trinajstić information content (AvgIpc) is 2.86. The van der Waals surface area contributed by atoms with E-state index in [0.717, 1.165) is 50.2 Å². The fraction of sp³-hybridized carbons (Fsp3) is 0.667. The van der Waals surface area contributed by atoms with Crippen molar-refractivity contribution in [3.8, 4) is 0 Å². The average molecular weight is 361 g/mol. The first-order valence-corrected chi connectivity index (χ1v) is 9.38. The van der Waals surface area contributed by atoms with Crippen molar-refractivity contribution in [3.05, 3.63) is 17.5 Å². The van der Waals surface area contributed by atoms with Crippen LogP contribution in [0.25, 0.3) is 0 Å². The predicted molar refractivity (Wildman–Crippen MR) is 94.7 cm³/mol. The molecule has 1 fully saturated rings. The summed E-state index contributed by atoms with van der Waals surface area (Å²) in [6.45, 7) is 2.49. The van der Waals surface area contributed by atoms with Crippen LogP contribution in [0.2, 0.25) is 0 Å². The van der Waals surface area contributed by atoms with E-state index >= 15 is 0 Å². The van der Waals surface area contributed by atoms with Gasteiger partial charge >= 0.3 is 0 Å². The van der Waals surface area contributed by atoms with E-state index in [-0.39, 0.29) is 36.5 Å². The molecule has 0 spiro atoms. The van der Waals surface area contributed by atoms with Gasteiger partial charge in [-0.25, -0.2) is 0 Å². The van der Waals surface area contributed by atoms with E-state index < -0.39 is 0 Å². The molecule has 0 atom stereocenters. The smallest absolute Gasteiger partial charge is 0.226 e. The summed E-state index contributed by atoms with van der Waals surface area (Å²) in [5, 5.41) is 9.85. The number of amides is 3. The SMILES string of the molecule is CNC(=O)CCC(=O)NCc1cc2n(n1)CCCN(C(=O)C1CCC1)C2. The van der Waals surface area contributed by atoms with Gasteiger partial charge in [-0.05, 0) is 25.3 Å². The molecule has 3 amide bonds. The Balaban J connectivity index is 1.53. The molecule has 2 N–H and O–H groups in total. The second-order valence-corrected chi connectivity index (χ2v) is 7.04. The van der Waals surface area contributed by atoms with Gasteiger partial charge in [-0.2, -0.15) is 5.10 Å². The number of aromatic nitrogens is 2. The number of carbonyl (C=O) groups is 3. The molecule has 1 saturated carbocycles. The lowest BCUT2D eigenvalue weighted by atomic mass is 9.84. The van der Waals surface area contributed by atoms with Crippen LogP contribution in [0.15, 0.2) is 6.07 Å². The number of rotatable bonds is 6. The Hall–Kier alpha value is -2.38. The van der Waals surface area contributed by atoms with Gasteiger partial charge in [0.05, 0.1) is 24.5 Å². The van der Waals surface area contributed by atoms with Gasteiger partial charge in [-0.15, -0.1) is 0 Å². The van der Waals surface area contributed by atoms with E-state index in [0.29, 0.717) is 13.1 Å². The molecule has 1 aliphatic carbocycles. The second-order valence-electron chi connectivity index (χ2n) is 7.04. The van der Waals surface area contributed by atoms with Crippen LogP contribution in [0.1, 0.15) is 49.9 Å². The van der Waals surface area contributed by atoms with E-state index in [4.69, 9.17) is 0 Å². The zero-order valence-corrected chi connectivity index (χ0v) is 15.3. The number of aryl methyl sites for hydroxylation is 1. The summed E-state index contributed by atoms with van der Waals surface area (Å²) in [5.74, 6) is 0.169. The molecule has 3 rings (SSSR count). The maximum Gasteiger partial charge on any atom is 0.226 e. The summed E-state index contributed by atoms with van der Waals surface area (Å²) in [6, 6.07) is 1.96. The van der Waals surface area contributed by atoms with Crippen LogP contribution >= 0.6 is 0 Å². The molecule has 0 unspecified atom stereocenters. The zero-order valence-electron chi connectivity index (χ0n) is 15.3. The van der Waals surface area contributed by atoms with Crippen molar-refractivity contribution < 1.29 is 14.4 Å². The molecule has 0 saturated heterocycles. The molecule has 1 aromatic heterocycles. The van der Waals surface area contributed by atoms with Gasteiger partial charge in [0, 0.05) is 38.9 Å². The first kappa shape index (κ1) is 18.4. The lowest BCUT2D eigenvalue weighted by Crippen LogP contribution is -2.38. The summed E-state index contributed by atoms with van der Waals surface area (Å²) < 4.78 is 1.94. The molecule has 142 valence electrons. The van der Waals surface area contributed by atoms with Gasteiger partial charge in [0.1, 0.15) is 0 Å². The number of fused-ring (bicyclic) bond motifs is 1. The molecule has 0 radical (unpaired) electrons. The zero-order chi connectivity index (χ0) is 18.5. The van der Waals surface area contributed by atoms with Gasteiger partial charge in [0.2, 0.25) is 17.7 Å². The lowest BCUT2D eigenvalue weighted by Gasteiger charge is -2.30. The standard InChI is InChI=1S/C18H27N5O3/c1-19-16(24)6-7-17(25)20-11-14-10-15-12-22(8-3-9-23(15)21-14)18(26)13-4-2-5-13/h10,13H,2-9,11-12H2,1H3,(H,19,24)(H,20,25). The Kier molecular flexibility index (Phi) is 5.90. The van der Waals surface area contributed by atoms with E-state index in [1.807, 2.05) is 15.6 Å². The number of hydrogen-bond donors (Lipinski definition) is 2. The van der Waals surface area contributed by atoms with Gasteiger partial charge in [-0.3, -0.25) is 19.1 Å². The molecule has 0 aromatic carbocycles. The lowest BCUT2D eigenvalue weighted by molar-refractivity contribution is -0.138. The molecule has 0 bridgehead atoms. The fourth-order valence-corrected chi connectivity index (χ4v) is 3.34. The van der Waals surface area contributed by atoms with Gasteiger partial charge in [0.15, 0.2) is 0 Å². The van der Waals surface area contributed by atoms with Crippen LogP contribution in [0.5, 0.6) is 0 Å². The summed E-state index contributed by atoms with van der Waals surface area (Å²) in [5.41, 5.74) is 1.80. The summed E-state index contributed by atoms with van der Waals surface area (Å²) in [7, 11) is 1.55. The first-order valence-electron chi connectivity index (χ1n) is 9.38. The van der Waals surface area contributed by atoms with Crippen molar-refractivity contribution in [1.29, 1.82) is 0 Å². The van der Waals surface area contributed by atoms with Crippen LogP contribution in [0, 0.1) is 5.92 Å². The summed E-state index contributed by atoms with van der Waals surface area (Å²) in [4.78, 5) is 37.5. The highest BCUT2D eigenvalue weighted by atomic mass is 16.2. The Morgan fingerprint density at radius 2 is 1.92 bits per heavy atom. The molecule has 1 aliphatic heterocycles. The minimum absolute atomic E-state index is 0.148. The van der Waals surface area contributed by atoms with Crippen molar-refractivity contribution in [3.63, 3.8) is 0 Å². The van der Waals surface area contributed by atoms with Crippen LogP contribution in [0.4, 0.5) is 0 Å². The van der Waals surface area contributed by atoms with Gasteiger partial charge in [0.25, 0.3) is 0 Å². The van der Waals surface area contributed by atoms with E-state index in [1.165, 1.54) is 0 Å². The van der Waals surface area contributed by atoms with Crippen molar-refractivity contribution >= 4 is 17.7 Å². The van der Waals surface area contributed by atoms with Crippen molar-refractivity contribution in [2.24, 2.45) is 5.92 Å². The highest BCUT2D eigenvalue weighted by Gasteiger charge is 2.30. The van der Waals surface area contributed by atoms with Crippen LogP contribution in [-0.2, 0) is 34.0 Å². The topological polar surface area (TPSA) is 96.3 Å². The third-order valence-electron chi connectivity index (χ3n) is 5.16. The number of hydrogen-bond acceptors (Lipinski definition) is 4. The quantitative estimate of drug-likeness (QED) is 0.774. The van der Waals surface area contributed by atoms with Crippen LogP contribution in [0.3, 0.4) is 0 Å². The fourth-order valence-electron chi connectivity index (χ4n) is 3.34. The molecule has 8 heteroatoms. The van der Waals surface area contributed by atoms with Crippen molar-refractivity contribution in [1.82, 2.24) is 25.3 Å². The van der Waals surface area contributed by atoms with Gasteiger partial charge in [-0.1, -0.05) is 6.42 Å². The molecule has 26 heavy (non-hydrogen) atoms. The maximum atomic E-state index is 12.5. The van der Waals surface area contributed by atoms with E-state index in [9.17, 15) is 14.4 Å². The molecular weight excluding hydrogens is 334 g/mol. The Morgan fingerprint density at radius 3 is 2.62 bits per heavy atom. The summed E-state index contributed by atoms with van der Waals surface area (Å²) >= 11 is 0. The Labute approximate surface area is 153 Å².